The molecular weight excluding hydrogens is 450 g/mol. The number of aryl methyl sites for hydroxylation is 1. The Balaban J connectivity index is 1.27. The van der Waals surface area contributed by atoms with Crippen LogP contribution < -0.4 is 10.2 Å². The van der Waals surface area contributed by atoms with Crippen molar-refractivity contribution < 1.29 is 14.7 Å². The predicted octanol–water partition coefficient (Wildman–Crippen LogP) is 5.48. The van der Waals surface area contributed by atoms with E-state index in [0.29, 0.717) is 17.7 Å². The lowest BCUT2D eigenvalue weighted by atomic mass is 9.97. The third kappa shape index (κ3) is 5.23. The van der Waals surface area contributed by atoms with Gasteiger partial charge in [0.05, 0.1) is 17.8 Å². The zero-order chi connectivity index (χ0) is 24.9. The van der Waals surface area contributed by atoms with Crippen LogP contribution in [0.15, 0.2) is 83.5 Å². The minimum absolute atomic E-state index is 0.0752. The van der Waals surface area contributed by atoms with Crippen LogP contribution in [0.2, 0.25) is 0 Å². The van der Waals surface area contributed by atoms with E-state index in [1.54, 1.807) is 12.1 Å². The van der Waals surface area contributed by atoms with Crippen molar-refractivity contribution in [1.29, 1.82) is 0 Å². The molecule has 3 aromatic carbocycles. The number of anilines is 1. The lowest BCUT2D eigenvalue weighted by Crippen LogP contribution is -2.30. The van der Waals surface area contributed by atoms with Gasteiger partial charge in [0.25, 0.3) is 5.91 Å². The molecule has 182 valence electrons. The lowest BCUT2D eigenvalue weighted by Gasteiger charge is -2.32. The van der Waals surface area contributed by atoms with Crippen molar-refractivity contribution in [3.8, 4) is 11.1 Å². The maximum absolute atomic E-state index is 12.7. The molecule has 1 amide bonds. The molecule has 0 atom stereocenters. The van der Waals surface area contributed by atoms with Crippen molar-refractivity contribution in [3.05, 3.63) is 101 Å². The minimum Gasteiger partial charge on any atom is -0.478 e. The number of amides is 1. The predicted molar refractivity (Wildman–Crippen MR) is 143 cm³/mol. The van der Waals surface area contributed by atoms with Gasteiger partial charge >= 0.3 is 5.97 Å². The van der Waals surface area contributed by atoms with Crippen LogP contribution in [0.1, 0.15) is 51.1 Å². The van der Waals surface area contributed by atoms with Crippen LogP contribution in [-0.2, 0) is 13.0 Å². The molecule has 0 saturated heterocycles. The normalized spacial score (nSPS) is 14.7. The number of carbonyl (C=O) groups is 2. The van der Waals surface area contributed by atoms with Crippen molar-refractivity contribution in [2.75, 3.05) is 18.0 Å². The molecule has 3 aromatic rings. The van der Waals surface area contributed by atoms with Crippen molar-refractivity contribution in [2.45, 2.75) is 32.2 Å². The van der Waals surface area contributed by atoms with Gasteiger partial charge in [-0.3, -0.25) is 9.79 Å². The summed E-state index contributed by atoms with van der Waals surface area (Å²) in [6.45, 7) is 2.16. The van der Waals surface area contributed by atoms with Crippen molar-refractivity contribution in [2.24, 2.45) is 4.99 Å². The summed E-state index contributed by atoms with van der Waals surface area (Å²) >= 11 is 0. The molecular formula is C30H29N3O3. The van der Waals surface area contributed by atoms with Gasteiger partial charge in [0.15, 0.2) is 0 Å². The molecule has 2 aliphatic rings. The van der Waals surface area contributed by atoms with Crippen LogP contribution in [0.5, 0.6) is 0 Å². The van der Waals surface area contributed by atoms with Gasteiger partial charge in [-0.15, -0.1) is 0 Å². The maximum atomic E-state index is 12.7. The van der Waals surface area contributed by atoms with E-state index in [-0.39, 0.29) is 5.91 Å². The second-order valence-electron chi connectivity index (χ2n) is 9.18. The van der Waals surface area contributed by atoms with Crippen molar-refractivity contribution in [3.63, 3.8) is 0 Å². The number of carboxylic acid groups (broad SMARTS) is 1. The van der Waals surface area contributed by atoms with E-state index < -0.39 is 5.97 Å². The SMILES string of the molecule is O=C(NCC1=CCCC=N1)c1ccc2c(c1)CCCN2Cc1ccc(-c2ccccc2C(=O)O)cc1. The Kier molecular flexibility index (Phi) is 6.94. The van der Waals surface area contributed by atoms with E-state index in [4.69, 9.17) is 0 Å². The molecule has 36 heavy (non-hydrogen) atoms. The van der Waals surface area contributed by atoms with Crippen LogP contribution in [-0.4, -0.2) is 36.3 Å². The van der Waals surface area contributed by atoms with E-state index in [1.807, 2.05) is 42.6 Å². The summed E-state index contributed by atoms with van der Waals surface area (Å²) in [5.74, 6) is -0.999. The first kappa shape index (κ1) is 23.5. The first-order valence-electron chi connectivity index (χ1n) is 12.4. The Bertz CT molecular complexity index is 1340. The van der Waals surface area contributed by atoms with Gasteiger partial charge in [0.2, 0.25) is 0 Å². The Labute approximate surface area is 211 Å². The molecule has 0 fully saturated rings. The highest BCUT2D eigenvalue weighted by atomic mass is 16.4. The van der Waals surface area contributed by atoms with Gasteiger partial charge in [-0.1, -0.05) is 48.5 Å². The third-order valence-corrected chi connectivity index (χ3v) is 6.72. The monoisotopic (exact) mass is 479 g/mol. The number of fused-ring (bicyclic) bond motifs is 1. The molecule has 0 radical (unpaired) electrons. The topological polar surface area (TPSA) is 82.0 Å². The van der Waals surface area contributed by atoms with E-state index in [1.165, 1.54) is 5.56 Å². The Morgan fingerprint density at radius 1 is 1.00 bits per heavy atom. The summed E-state index contributed by atoms with van der Waals surface area (Å²) in [6.07, 6.45) is 7.89. The first-order chi connectivity index (χ1) is 17.6. The molecule has 6 heteroatoms. The average molecular weight is 480 g/mol. The number of rotatable bonds is 7. The number of carbonyl (C=O) groups excluding carboxylic acids is 1. The highest BCUT2D eigenvalue weighted by molar-refractivity contribution is 5.96. The van der Waals surface area contributed by atoms with Gasteiger partial charge in [0, 0.05) is 30.6 Å². The van der Waals surface area contributed by atoms with Gasteiger partial charge in [-0.2, -0.15) is 0 Å². The number of aromatic carboxylic acids is 1. The Morgan fingerprint density at radius 3 is 2.61 bits per heavy atom. The molecule has 2 heterocycles. The van der Waals surface area contributed by atoms with Crippen LogP contribution in [0.25, 0.3) is 11.1 Å². The molecule has 0 saturated carbocycles. The Morgan fingerprint density at radius 2 is 1.83 bits per heavy atom. The molecule has 2 N–H and O–H groups in total. The summed E-state index contributed by atoms with van der Waals surface area (Å²) < 4.78 is 0. The minimum atomic E-state index is -0.924. The fourth-order valence-corrected chi connectivity index (χ4v) is 4.86. The summed E-state index contributed by atoms with van der Waals surface area (Å²) in [7, 11) is 0. The molecule has 2 aliphatic heterocycles. The standard InChI is InChI=1S/C30H29N3O3/c34-29(32-19-25-7-3-4-16-31-25)24-14-15-28-23(18-24)6-5-17-33(28)20-21-10-12-22(13-11-21)26-8-1-2-9-27(26)30(35)36/h1-2,7-16,18H,3-6,17,19-20H2,(H,32,34)(H,35,36). The number of allylic oxidation sites excluding steroid dienone is 1. The first-order valence-corrected chi connectivity index (χ1v) is 12.4. The molecule has 0 unspecified atom stereocenters. The number of carboxylic acids is 1. The summed E-state index contributed by atoms with van der Waals surface area (Å²) in [5, 5.41) is 12.5. The van der Waals surface area contributed by atoms with Gasteiger partial charge in [-0.05, 0) is 72.2 Å². The number of nitrogens with one attached hydrogen (secondary N) is 1. The maximum Gasteiger partial charge on any atom is 0.336 e. The lowest BCUT2D eigenvalue weighted by molar-refractivity contribution is 0.0697. The molecule has 6 nitrogen and oxygen atoms in total. The van der Waals surface area contributed by atoms with Crippen LogP contribution >= 0.6 is 0 Å². The molecule has 0 bridgehead atoms. The number of hydrogen-bond donors (Lipinski definition) is 2. The van der Waals surface area contributed by atoms with Crippen LogP contribution in [0, 0.1) is 0 Å². The van der Waals surface area contributed by atoms with Crippen LogP contribution in [0.4, 0.5) is 5.69 Å². The Hall–Kier alpha value is -4.19. The fourth-order valence-electron chi connectivity index (χ4n) is 4.86. The van der Waals surface area contributed by atoms with Crippen LogP contribution in [0.3, 0.4) is 0 Å². The number of aliphatic imine (C=N–C) groups is 1. The number of hydrogen-bond acceptors (Lipinski definition) is 4. The van der Waals surface area contributed by atoms with E-state index in [0.717, 1.165) is 66.8 Å². The third-order valence-electron chi connectivity index (χ3n) is 6.72. The zero-order valence-electron chi connectivity index (χ0n) is 20.1. The molecule has 0 aromatic heterocycles. The van der Waals surface area contributed by atoms with Crippen molar-refractivity contribution >= 4 is 23.8 Å². The average Bonchev–Trinajstić information content (AvgIpc) is 2.92. The second-order valence-corrected chi connectivity index (χ2v) is 9.18. The summed E-state index contributed by atoms with van der Waals surface area (Å²) in [5.41, 5.74) is 7.02. The van der Waals surface area contributed by atoms with Crippen molar-refractivity contribution in [1.82, 2.24) is 5.32 Å². The fraction of sp³-hybridized carbons (Fsp3) is 0.233. The smallest absolute Gasteiger partial charge is 0.336 e. The number of benzene rings is 3. The van der Waals surface area contributed by atoms with Gasteiger partial charge < -0.3 is 15.3 Å². The largest absolute Gasteiger partial charge is 0.478 e. The van der Waals surface area contributed by atoms with Gasteiger partial charge in [-0.25, -0.2) is 4.79 Å². The summed E-state index contributed by atoms with van der Waals surface area (Å²) in [6, 6.07) is 21.1. The zero-order valence-corrected chi connectivity index (χ0v) is 20.1. The highest BCUT2D eigenvalue weighted by Gasteiger charge is 2.19. The quantitative estimate of drug-likeness (QED) is 0.470. The molecule has 0 aliphatic carbocycles. The van der Waals surface area contributed by atoms with E-state index in [9.17, 15) is 14.7 Å². The van der Waals surface area contributed by atoms with E-state index in [2.05, 4.69) is 39.5 Å². The van der Waals surface area contributed by atoms with Gasteiger partial charge in [0.1, 0.15) is 0 Å². The second kappa shape index (κ2) is 10.6. The van der Waals surface area contributed by atoms with E-state index >= 15 is 0 Å². The summed E-state index contributed by atoms with van der Waals surface area (Å²) in [4.78, 5) is 31.0. The number of nitrogens with zero attached hydrogens (tertiary/aromatic N) is 2. The highest BCUT2D eigenvalue weighted by Crippen LogP contribution is 2.30. The molecule has 5 rings (SSSR count). The molecule has 0 spiro atoms.